The largest absolute Gasteiger partial charge is 0.378 e. The highest BCUT2D eigenvalue weighted by atomic mass is 35.5. The van der Waals surface area contributed by atoms with Crippen molar-refractivity contribution in [2.45, 2.75) is 51.3 Å². The number of halogens is 1. The zero-order valence-corrected chi connectivity index (χ0v) is 13.9. The van der Waals surface area contributed by atoms with E-state index in [0.29, 0.717) is 6.10 Å². The van der Waals surface area contributed by atoms with Crippen LogP contribution in [0.5, 0.6) is 0 Å². The fourth-order valence-corrected chi connectivity index (χ4v) is 3.44. The topological polar surface area (TPSA) is 38.5 Å². The molecule has 0 radical (unpaired) electrons. The van der Waals surface area contributed by atoms with Gasteiger partial charge < -0.3 is 10.5 Å². The van der Waals surface area contributed by atoms with E-state index in [1.165, 1.54) is 0 Å². The summed E-state index contributed by atoms with van der Waals surface area (Å²) in [5.74, 6) is 0. The van der Waals surface area contributed by atoms with Crippen LogP contribution in [0.4, 0.5) is 0 Å². The van der Waals surface area contributed by atoms with Crippen LogP contribution in [0.3, 0.4) is 0 Å². The van der Waals surface area contributed by atoms with E-state index in [2.05, 4.69) is 24.8 Å². The summed E-state index contributed by atoms with van der Waals surface area (Å²) in [5.41, 5.74) is 7.57. The van der Waals surface area contributed by atoms with Gasteiger partial charge in [-0.05, 0) is 37.8 Å². The Bertz CT molecular complexity index is 433. The average Bonchev–Trinajstić information content (AvgIpc) is 2.51. The Kier molecular flexibility index (Phi) is 6.49. The predicted octanol–water partition coefficient (Wildman–Crippen LogP) is 3.62. The van der Waals surface area contributed by atoms with E-state index < -0.39 is 0 Å². The van der Waals surface area contributed by atoms with Crippen LogP contribution in [0.25, 0.3) is 0 Å². The summed E-state index contributed by atoms with van der Waals surface area (Å²) in [5, 5.41) is 0.818. The first-order valence-electron chi connectivity index (χ1n) is 8.03. The molecule has 3 nitrogen and oxygen atoms in total. The van der Waals surface area contributed by atoms with Gasteiger partial charge in [-0.3, -0.25) is 4.90 Å². The van der Waals surface area contributed by atoms with Gasteiger partial charge >= 0.3 is 0 Å². The highest BCUT2D eigenvalue weighted by molar-refractivity contribution is 6.31. The van der Waals surface area contributed by atoms with E-state index in [-0.39, 0.29) is 12.1 Å². The summed E-state index contributed by atoms with van der Waals surface area (Å²) in [4.78, 5) is 2.48. The number of nitrogens with zero attached hydrogens (tertiary/aromatic N) is 1. The molecule has 1 aromatic carbocycles. The minimum absolute atomic E-state index is 0.105. The monoisotopic (exact) mass is 310 g/mol. The zero-order chi connectivity index (χ0) is 15.2. The maximum atomic E-state index is 6.41. The molecule has 1 aliphatic heterocycles. The van der Waals surface area contributed by atoms with Gasteiger partial charge in [0, 0.05) is 30.8 Å². The molecule has 4 heteroatoms. The van der Waals surface area contributed by atoms with Crippen molar-refractivity contribution in [1.82, 2.24) is 4.90 Å². The predicted molar refractivity (Wildman–Crippen MR) is 88.7 cm³/mol. The van der Waals surface area contributed by atoms with Gasteiger partial charge in [0.2, 0.25) is 0 Å². The number of hydrogen-bond donors (Lipinski definition) is 1. The molecule has 0 aliphatic carbocycles. The van der Waals surface area contributed by atoms with Crippen LogP contribution in [-0.2, 0) is 4.74 Å². The van der Waals surface area contributed by atoms with E-state index in [9.17, 15) is 0 Å². The lowest BCUT2D eigenvalue weighted by molar-refractivity contribution is 0.000361. The molecule has 1 saturated heterocycles. The first kappa shape index (κ1) is 16.8. The lowest BCUT2D eigenvalue weighted by Crippen LogP contribution is -2.46. The van der Waals surface area contributed by atoms with E-state index in [1.54, 1.807) is 0 Å². The van der Waals surface area contributed by atoms with Crippen LogP contribution < -0.4 is 5.73 Å². The first-order valence-corrected chi connectivity index (χ1v) is 8.40. The molecule has 0 saturated carbocycles. The maximum Gasteiger partial charge on any atom is 0.0599 e. The van der Waals surface area contributed by atoms with Crippen molar-refractivity contribution in [1.29, 1.82) is 0 Å². The molecule has 2 rings (SSSR count). The van der Waals surface area contributed by atoms with E-state index >= 15 is 0 Å². The van der Waals surface area contributed by atoms with Crippen molar-refractivity contribution in [3.63, 3.8) is 0 Å². The summed E-state index contributed by atoms with van der Waals surface area (Å²) in [6.07, 6.45) is 3.49. The maximum absolute atomic E-state index is 6.41. The van der Waals surface area contributed by atoms with E-state index in [0.717, 1.165) is 49.5 Å². The molecule has 0 bridgehead atoms. The number of likely N-dealkylation sites (tertiary alicyclic amines) is 1. The Morgan fingerprint density at radius 1 is 1.29 bits per heavy atom. The minimum Gasteiger partial charge on any atom is -0.378 e. The highest BCUT2D eigenvalue weighted by Crippen LogP contribution is 2.32. The molecule has 2 N–H and O–H groups in total. The summed E-state index contributed by atoms with van der Waals surface area (Å²) in [7, 11) is 0. The van der Waals surface area contributed by atoms with Gasteiger partial charge in [-0.15, -0.1) is 0 Å². The van der Waals surface area contributed by atoms with Crippen molar-refractivity contribution in [2.24, 2.45) is 5.73 Å². The van der Waals surface area contributed by atoms with E-state index in [1.807, 2.05) is 18.2 Å². The number of ether oxygens (including phenoxy) is 1. The molecule has 0 amide bonds. The van der Waals surface area contributed by atoms with Crippen LogP contribution in [-0.4, -0.2) is 36.7 Å². The van der Waals surface area contributed by atoms with Crippen LogP contribution >= 0.6 is 11.6 Å². The zero-order valence-electron chi connectivity index (χ0n) is 13.1. The quantitative estimate of drug-likeness (QED) is 0.872. The number of nitrogens with two attached hydrogens (primary N) is 1. The standard InChI is InChI=1S/C17H27ClN2O/c1-3-16(19)17(14-7-5-6-8-15(14)18)20-11-9-13(10-12-20)21-4-2/h5-8,13,16-17H,3-4,9-12,19H2,1-2H3. The Morgan fingerprint density at radius 2 is 1.95 bits per heavy atom. The normalized spacial score (nSPS) is 20.4. The summed E-state index contributed by atoms with van der Waals surface area (Å²) < 4.78 is 5.74. The Hall–Kier alpha value is -0.610. The van der Waals surface area contributed by atoms with Gasteiger partial charge in [0.1, 0.15) is 0 Å². The lowest BCUT2D eigenvalue weighted by atomic mass is 9.93. The molecule has 0 spiro atoms. The second-order valence-electron chi connectivity index (χ2n) is 5.73. The van der Waals surface area contributed by atoms with Crippen LogP contribution in [0.2, 0.25) is 5.02 Å². The third-order valence-electron chi connectivity index (χ3n) is 4.37. The molecule has 1 heterocycles. The highest BCUT2D eigenvalue weighted by Gasteiger charge is 2.30. The van der Waals surface area contributed by atoms with Gasteiger partial charge in [-0.25, -0.2) is 0 Å². The molecule has 0 aromatic heterocycles. The van der Waals surface area contributed by atoms with Gasteiger partial charge in [0.15, 0.2) is 0 Å². The molecule has 1 aliphatic rings. The van der Waals surface area contributed by atoms with Crippen molar-refractivity contribution in [3.8, 4) is 0 Å². The average molecular weight is 311 g/mol. The first-order chi connectivity index (χ1) is 10.2. The molecule has 21 heavy (non-hydrogen) atoms. The van der Waals surface area contributed by atoms with Gasteiger partial charge in [0.25, 0.3) is 0 Å². The Morgan fingerprint density at radius 3 is 2.52 bits per heavy atom. The van der Waals surface area contributed by atoms with Gasteiger partial charge in [-0.1, -0.05) is 36.7 Å². The molecule has 118 valence electrons. The summed E-state index contributed by atoms with van der Waals surface area (Å²) in [6.45, 7) is 7.04. The van der Waals surface area contributed by atoms with Crippen LogP contribution in [0, 0.1) is 0 Å². The smallest absolute Gasteiger partial charge is 0.0599 e. The van der Waals surface area contributed by atoms with Crippen molar-refractivity contribution < 1.29 is 4.74 Å². The van der Waals surface area contributed by atoms with Gasteiger partial charge in [0.05, 0.1) is 12.1 Å². The van der Waals surface area contributed by atoms with Crippen molar-refractivity contribution >= 4 is 11.6 Å². The SMILES string of the molecule is CCOC1CCN(C(c2ccccc2Cl)C(N)CC)CC1. The molecular formula is C17H27ClN2O. The summed E-state index contributed by atoms with van der Waals surface area (Å²) >= 11 is 6.41. The number of piperidine rings is 1. The number of benzene rings is 1. The lowest BCUT2D eigenvalue weighted by Gasteiger charge is -2.40. The van der Waals surface area contributed by atoms with Crippen molar-refractivity contribution in [2.75, 3.05) is 19.7 Å². The second kappa shape index (κ2) is 8.14. The molecular weight excluding hydrogens is 284 g/mol. The Balaban J connectivity index is 2.13. The molecule has 2 unspecified atom stereocenters. The van der Waals surface area contributed by atoms with Gasteiger partial charge in [-0.2, -0.15) is 0 Å². The van der Waals surface area contributed by atoms with E-state index in [4.69, 9.17) is 22.1 Å². The molecule has 1 fully saturated rings. The number of rotatable bonds is 6. The number of hydrogen-bond acceptors (Lipinski definition) is 3. The van der Waals surface area contributed by atoms with Crippen LogP contribution in [0.15, 0.2) is 24.3 Å². The fourth-order valence-electron chi connectivity index (χ4n) is 3.19. The third-order valence-corrected chi connectivity index (χ3v) is 4.72. The summed E-state index contributed by atoms with van der Waals surface area (Å²) in [6, 6.07) is 8.39. The van der Waals surface area contributed by atoms with Crippen LogP contribution in [0.1, 0.15) is 44.7 Å². The van der Waals surface area contributed by atoms with Crippen molar-refractivity contribution in [3.05, 3.63) is 34.9 Å². The minimum atomic E-state index is 0.105. The molecule has 1 aromatic rings. The second-order valence-corrected chi connectivity index (χ2v) is 6.14. The Labute approximate surface area is 133 Å². The fraction of sp³-hybridized carbons (Fsp3) is 0.647. The molecule has 2 atom stereocenters. The third kappa shape index (κ3) is 4.19.